The molecule has 3 aromatic carbocycles. The fourth-order valence-electron chi connectivity index (χ4n) is 3.69. The van der Waals surface area contributed by atoms with E-state index in [9.17, 15) is 9.59 Å². The molecule has 1 heterocycles. The van der Waals surface area contributed by atoms with Gasteiger partial charge in [0.2, 0.25) is 5.91 Å². The van der Waals surface area contributed by atoms with E-state index in [0.717, 1.165) is 18.5 Å². The van der Waals surface area contributed by atoms with Gasteiger partial charge in [-0.3, -0.25) is 14.6 Å². The van der Waals surface area contributed by atoms with Crippen LogP contribution in [0.2, 0.25) is 0 Å². The Labute approximate surface area is 240 Å². The number of carbonyl (C=O) groups is 2. The van der Waals surface area contributed by atoms with Crippen LogP contribution < -0.4 is 32.0 Å². The summed E-state index contributed by atoms with van der Waals surface area (Å²) in [6.45, 7) is 6.72. The Hall–Kier alpha value is -5.06. The minimum absolute atomic E-state index is 0.0412. The predicted molar refractivity (Wildman–Crippen MR) is 164 cm³/mol. The summed E-state index contributed by atoms with van der Waals surface area (Å²) >= 11 is 0. The van der Waals surface area contributed by atoms with Crippen LogP contribution in [0.3, 0.4) is 0 Å². The predicted octanol–water partition coefficient (Wildman–Crippen LogP) is 4.15. The van der Waals surface area contributed by atoms with E-state index in [1.54, 1.807) is 61.3 Å². The smallest absolute Gasteiger partial charge is 0.255 e. The van der Waals surface area contributed by atoms with Gasteiger partial charge >= 0.3 is 0 Å². The average Bonchev–Trinajstić information content (AvgIpc) is 3.34. The lowest BCUT2D eigenvalue weighted by Gasteiger charge is -2.09. The molecule has 2 amide bonds. The molecule has 11 heteroatoms. The molecule has 0 aliphatic heterocycles. The first-order chi connectivity index (χ1) is 19.7. The third kappa shape index (κ3) is 9.27. The number of benzene rings is 3. The zero-order valence-electron chi connectivity index (χ0n) is 24.2. The molecule has 0 saturated heterocycles. The molecule has 0 spiro atoms. The van der Waals surface area contributed by atoms with Crippen LogP contribution in [0.15, 0.2) is 71.7 Å². The van der Waals surface area contributed by atoms with Gasteiger partial charge in [-0.1, -0.05) is 32.9 Å². The van der Waals surface area contributed by atoms with Gasteiger partial charge in [0.15, 0.2) is 5.96 Å². The molecule has 0 fully saturated rings. The number of nitrogens with zero attached hydrogens (tertiary/aromatic N) is 3. The minimum atomic E-state index is -0.491. The van der Waals surface area contributed by atoms with Crippen LogP contribution >= 0.6 is 0 Å². The number of guanidine groups is 1. The number of hydrogen-bond donors (Lipinski definition) is 4. The van der Waals surface area contributed by atoms with Crippen molar-refractivity contribution in [1.29, 1.82) is 0 Å². The van der Waals surface area contributed by atoms with E-state index in [0.29, 0.717) is 39.6 Å². The molecule has 7 N–H and O–H groups in total. The molecule has 41 heavy (non-hydrogen) atoms. The van der Waals surface area contributed by atoms with Crippen molar-refractivity contribution in [3.8, 4) is 22.9 Å². The Balaban J connectivity index is 0.000000573. The molecule has 1 aromatic heterocycles. The third-order valence-corrected chi connectivity index (χ3v) is 5.52. The molecule has 0 aliphatic rings. The Morgan fingerprint density at radius 1 is 0.927 bits per heavy atom. The fraction of sp³-hybridized carbons (Fsp3) is 0.267. The Bertz CT molecular complexity index is 1460. The maximum Gasteiger partial charge on any atom is 0.255 e. The van der Waals surface area contributed by atoms with Gasteiger partial charge in [0.05, 0.1) is 25.3 Å². The van der Waals surface area contributed by atoms with Gasteiger partial charge in [0, 0.05) is 23.4 Å². The van der Waals surface area contributed by atoms with Gasteiger partial charge in [0.1, 0.15) is 23.9 Å². The zero-order valence-corrected chi connectivity index (χ0v) is 24.2. The van der Waals surface area contributed by atoms with Gasteiger partial charge < -0.3 is 36.6 Å². The number of fused-ring (bicyclic) bond motifs is 1. The summed E-state index contributed by atoms with van der Waals surface area (Å²) in [5, 5.41) is 2.85. The monoisotopic (exact) mass is 561 g/mol. The highest BCUT2D eigenvalue weighted by Crippen LogP contribution is 2.28. The number of ether oxygens (including phenoxy) is 2. The first-order valence-corrected chi connectivity index (χ1v) is 13.2. The van der Waals surface area contributed by atoms with E-state index in [-0.39, 0.29) is 18.4 Å². The van der Waals surface area contributed by atoms with Gasteiger partial charge in [0.25, 0.3) is 5.91 Å². The fourth-order valence-corrected chi connectivity index (χ4v) is 3.69. The van der Waals surface area contributed by atoms with Crippen LogP contribution in [0.25, 0.3) is 22.4 Å². The number of amides is 2. The molecule has 4 rings (SSSR count). The Kier molecular flexibility index (Phi) is 12.7. The van der Waals surface area contributed by atoms with E-state index in [4.69, 9.17) is 26.7 Å². The first-order valence-electron chi connectivity index (χ1n) is 13.2. The number of anilines is 1. The number of aliphatic imine (C=N–C) groups is 1. The maximum atomic E-state index is 12.8. The molecule has 0 radical (unpaired) electrons. The molecule has 0 bridgehead atoms. The van der Waals surface area contributed by atoms with Crippen molar-refractivity contribution in [1.82, 2.24) is 9.55 Å². The lowest BCUT2D eigenvalue weighted by atomic mass is 10.1. The number of methoxy groups -OCH3 is 2. The van der Waals surface area contributed by atoms with Crippen molar-refractivity contribution in [2.24, 2.45) is 22.2 Å². The van der Waals surface area contributed by atoms with Crippen LogP contribution in [-0.2, 0) is 11.3 Å². The number of hydrogen-bond acceptors (Lipinski definition) is 6. The van der Waals surface area contributed by atoms with Gasteiger partial charge in [-0.2, -0.15) is 0 Å². The largest absolute Gasteiger partial charge is 0.497 e. The van der Waals surface area contributed by atoms with Crippen molar-refractivity contribution in [2.75, 3.05) is 26.1 Å². The summed E-state index contributed by atoms with van der Waals surface area (Å²) in [4.78, 5) is 32.9. The topological polar surface area (TPSA) is 173 Å². The summed E-state index contributed by atoms with van der Waals surface area (Å²) in [6, 6.07) is 19.6. The van der Waals surface area contributed by atoms with Crippen LogP contribution in [0.4, 0.5) is 5.69 Å². The highest BCUT2D eigenvalue weighted by Gasteiger charge is 2.17. The lowest BCUT2D eigenvalue weighted by Crippen LogP contribution is -2.22. The number of nitrogens with two attached hydrogens (primary N) is 3. The Morgan fingerprint density at radius 3 is 2.17 bits per heavy atom. The number of nitrogens with one attached hydrogen (secondary N) is 1. The van der Waals surface area contributed by atoms with E-state index in [1.807, 2.05) is 45.0 Å². The third-order valence-electron chi connectivity index (χ3n) is 5.52. The summed E-state index contributed by atoms with van der Waals surface area (Å²) in [5.74, 6) is 1.35. The van der Waals surface area contributed by atoms with Crippen molar-refractivity contribution < 1.29 is 19.1 Å². The summed E-state index contributed by atoms with van der Waals surface area (Å²) in [7, 11) is 3.17. The number of rotatable bonds is 9. The SMILES string of the molecule is CC.CCCN=C(N)N.COc1ccc(NC(=O)c2ccc3c(c2)nc(-c2cccc(OC)c2)n3CC(N)=O)cc1. The van der Waals surface area contributed by atoms with Gasteiger partial charge in [-0.05, 0) is 61.0 Å². The molecule has 0 unspecified atom stereocenters. The van der Waals surface area contributed by atoms with Gasteiger partial charge in [-0.25, -0.2) is 4.98 Å². The molecule has 0 aliphatic carbocycles. The van der Waals surface area contributed by atoms with Crippen LogP contribution in [0.1, 0.15) is 37.6 Å². The zero-order chi connectivity index (χ0) is 30.4. The number of primary amides is 1. The van der Waals surface area contributed by atoms with E-state index in [1.165, 1.54) is 0 Å². The second-order valence-electron chi connectivity index (χ2n) is 8.41. The van der Waals surface area contributed by atoms with Crippen LogP contribution in [0, 0.1) is 0 Å². The first kappa shape index (κ1) is 32.2. The van der Waals surface area contributed by atoms with Crippen LogP contribution in [-0.4, -0.2) is 48.1 Å². The highest BCUT2D eigenvalue weighted by atomic mass is 16.5. The molecular formula is C30H39N7O4. The van der Waals surface area contributed by atoms with Crippen molar-refractivity contribution in [3.05, 3.63) is 72.3 Å². The summed E-state index contributed by atoms with van der Waals surface area (Å²) in [5.41, 5.74) is 18.6. The highest BCUT2D eigenvalue weighted by molar-refractivity contribution is 6.06. The normalized spacial score (nSPS) is 9.88. The standard InChI is InChI=1S/C24H22N4O4.C4H11N3.C2H6/c1-31-18-9-7-17(8-10-18)26-24(30)16-6-11-21-20(13-16)27-23(28(21)14-22(25)29)15-4-3-5-19(12-15)32-2;1-2-3-7-4(5)6;1-2/h3-13H,14H2,1-2H3,(H2,25,29)(H,26,30);2-3H2,1H3,(H4,5,6,7);1-2H3. The van der Waals surface area contributed by atoms with Gasteiger partial charge in [-0.15, -0.1) is 0 Å². The molecule has 11 nitrogen and oxygen atoms in total. The molecule has 0 atom stereocenters. The quantitative estimate of drug-likeness (QED) is 0.175. The molecule has 0 saturated carbocycles. The summed E-state index contributed by atoms with van der Waals surface area (Å²) < 4.78 is 12.2. The average molecular weight is 562 g/mol. The second-order valence-corrected chi connectivity index (χ2v) is 8.41. The maximum absolute atomic E-state index is 12.8. The molecule has 218 valence electrons. The number of imidazole rings is 1. The Morgan fingerprint density at radius 2 is 1.61 bits per heavy atom. The van der Waals surface area contributed by atoms with Crippen molar-refractivity contribution in [3.63, 3.8) is 0 Å². The van der Waals surface area contributed by atoms with E-state index >= 15 is 0 Å². The second kappa shape index (κ2) is 16.1. The molecular weight excluding hydrogens is 522 g/mol. The number of carbonyl (C=O) groups excluding carboxylic acids is 2. The van der Waals surface area contributed by atoms with E-state index < -0.39 is 5.91 Å². The summed E-state index contributed by atoms with van der Waals surface area (Å²) in [6.07, 6.45) is 0.998. The van der Waals surface area contributed by atoms with E-state index in [2.05, 4.69) is 15.3 Å². The van der Waals surface area contributed by atoms with Crippen molar-refractivity contribution >= 4 is 34.5 Å². The van der Waals surface area contributed by atoms with Crippen LogP contribution in [0.5, 0.6) is 11.5 Å². The molecule has 4 aromatic rings. The minimum Gasteiger partial charge on any atom is -0.497 e. The number of aromatic nitrogens is 2. The lowest BCUT2D eigenvalue weighted by molar-refractivity contribution is -0.118. The van der Waals surface area contributed by atoms with Crippen molar-refractivity contribution in [2.45, 2.75) is 33.7 Å².